The van der Waals surface area contributed by atoms with Gasteiger partial charge in [0.25, 0.3) is 0 Å². The van der Waals surface area contributed by atoms with Crippen LogP contribution in [-0.4, -0.2) is 11.1 Å². The van der Waals surface area contributed by atoms with Crippen molar-refractivity contribution >= 4 is 40.7 Å². The maximum absolute atomic E-state index is 10.9. The average Bonchev–Trinajstić information content (AvgIpc) is 2.69. The van der Waals surface area contributed by atoms with Gasteiger partial charge in [-0.1, -0.05) is 35.5 Å². The van der Waals surface area contributed by atoms with Crippen molar-refractivity contribution in [2.75, 3.05) is 0 Å². The van der Waals surface area contributed by atoms with Crippen molar-refractivity contribution in [1.29, 1.82) is 0 Å². The summed E-state index contributed by atoms with van der Waals surface area (Å²) in [5.41, 5.74) is 0.329. The van der Waals surface area contributed by atoms with E-state index in [0.29, 0.717) is 10.6 Å². The van der Waals surface area contributed by atoms with Gasteiger partial charge in [-0.05, 0) is 23.6 Å². The van der Waals surface area contributed by atoms with Crippen LogP contribution in [0.15, 0.2) is 44.8 Å². The van der Waals surface area contributed by atoms with Gasteiger partial charge < -0.3 is 5.11 Å². The van der Waals surface area contributed by atoms with Crippen molar-refractivity contribution in [3.8, 4) is 0 Å². The molecule has 16 heavy (non-hydrogen) atoms. The average molecular weight is 271 g/mol. The number of carboxylic acids is 1. The predicted octanol–water partition coefficient (Wildman–Crippen LogP) is 4.25. The van der Waals surface area contributed by atoms with Crippen molar-refractivity contribution in [2.24, 2.45) is 0 Å². The molecule has 1 aromatic carbocycles. The fraction of sp³-hybridized carbons (Fsp3) is 0. The van der Waals surface area contributed by atoms with Gasteiger partial charge in [0.15, 0.2) is 0 Å². The van der Waals surface area contributed by atoms with Crippen LogP contribution in [-0.2, 0) is 0 Å². The Hall–Kier alpha value is -0.970. The third kappa shape index (κ3) is 2.40. The first kappa shape index (κ1) is 11.5. The van der Waals surface area contributed by atoms with Crippen molar-refractivity contribution in [2.45, 2.75) is 9.10 Å². The van der Waals surface area contributed by atoms with Gasteiger partial charge in [0.2, 0.25) is 0 Å². The zero-order chi connectivity index (χ0) is 11.5. The summed E-state index contributed by atoms with van der Waals surface area (Å²) >= 11 is 8.80. The molecule has 5 heteroatoms. The molecular formula is C11H7ClO2S2. The molecule has 2 aromatic rings. The summed E-state index contributed by atoms with van der Waals surface area (Å²) in [5, 5.41) is 11.4. The van der Waals surface area contributed by atoms with E-state index in [4.69, 9.17) is 16.7 Å². The standard InChI is InChI=1S/C11H7ClO2S2/c12-8-3-1-2-4-9(8)16-11-7(10(13)14)5-6-15-11/h1-6H,(H,13,14). The largest absolute Gasteiger partial charge is 0.478 e. The highest BCUT2D eigenvalue weighted by Gasteiger charge is 2.13. The molecule has 0 amide bonds. The molecule has 2 rings (SSSR count). The van der Waals surface area contributed by atoms with Crippen LogP contribution in [0, 0.1) is 0 Å². The van der Waals surface area contributed by atoms with E-state index in [-0.39, 0.29) is 0 Å². The second kappa shape index (κ2) is 4.91. The lowest BCUT2D eigenvalue weighted by Crippen LogP contribution is -1.94. The zero-order valence-electron chi connectivity index (χ0n) is 8.01. The second-order valence-electron chi connectivity index (χ2n) is 2.96. The summed E-state index contributed by atoms with van der Waals surface area (Å²) in [6, 6.07) is 8.99. The molecule has 0 spiro atoms. The first-order chi connectivity index (χ1) is 7.68. The lowest BCUT2D eigenvalue weighted by Gasteiger charge is -2.02. The molecule has 1 N–H and O–H groups in total. The number of hydrogen-bond donors (Lipinski definition) is 1. The molecule has 0 unspecified atom stereocenters. The molecule has 0 saturated carbocycles. The molecule has 82 valence electrons. The molecule has 0 aliphatic rings. The van der Waals surface area contributed by atoms with Gasteiger partial charge in [0, 0.05) is 4.90 Å². The van der Waals surface area contributed by atoms with Crippen molar-refractivity contribution in [3.63, 3.8) is 0 Å². The van der Waals surface area contributed by atoms with Crippen LogP contribution in [0.25, 0.3) is 0 Å². The van der Waals surface area contributed by atoms with E-state index in [1.54, 1.807) is 17.5 Å². The Kier molecular flexibility index (Phi) is 3.53. The smallest absolute Gasteiger partial charge is 0.337 e. The van der Waals surface area contributed by atoms with Crippen LogP contribution in [0.3, 0.4) is 0 Å². The molecule has 0 radical (unpaired) electrons. The van der Waals surface area contributed by atoms with Crippen molar-refractivity contribution < 1.29 is 9.90 Å². The molecule has 1 aromatic heterocycles. The number of halogens is 1. The molecule has 0 aliphatic heterocycles. The van der Waals surface area contributed by atoms with E-state index >= 15 is 0 Å². The van der Waals surface area contributed by atoms with Gasteiger partial charge in [-0.2, -0.15) is 0 Å². The highest BCUT2D eigenvalue weighted by Crippen LogP contribution is 2.38. The number of hydrogen-bond acceptors (Lipinski definition) is 3. The maximum atomic E-state index is 10.9. The number of carboxylic acid groups (broad SMARTS) is 1. The van der Waals surface area contributed by atoms with E-state index in [1.165, 1.54) is 23.1 Å². The van der Waals surface area contributed by atoms with Gasteiger partial charge in [-0.15, -0.1) is 11.3 Å². The minimum absolute atomic E-state index is 0.329. The zero-order valence-corrected chi connectivity index (χ0v) is 10.4. The number of rotatable bonds is 3. The molecule has 2 nitrogen and oxygen atoms in total. The molecule has 1 heterocycles. The van der Waals surface area contributed by atoms with E-state index in [0.717, 1.165) is 9.10 Å². The SMILES string of the molecule is O=C(O)c1ccsc1Sc1ccccc1Cl. The number of thiophene rings is 1. The Bertz CT molecular complexity index is 522. The van der Waals surface area contributed by atoms with Gasteiger partial charge in [0.1, 0.15) is 0 Å². The monoisotopic (exact) mass is 270 g/mol. The molecule has 0 aliphatic carbocycles. The number of benzene rings is 1. The Balaban J connectivity index is 2.31. The Morgan fingerprint density at radius 3 is 2.75 bits per heavy atom. The molecule has 0 bridgehead atoms. The quantitative estimate of drug-likeness (QED) is 0.906. The van der Waals surface area contributed by atoms with E-state index < -0.39 is 5.97 Å². The predicted molar refractivity (Wildman–Crippen MR) is 66.9 cm³/mol. The highest BCUT2D eigenvalue weighted by atomic mass is 35.5. The van der Waals surface area contributed by atoms with E-state index in [2.05, 4.69) is 0 Å². The van der Waals surface area contributed by atoms with Gasteiger partial charge >= 0.3 is 5.97 Å². The van der Waals surface area contributed by atoms with E-state index in [1.807, 2.05) is 18.2 Å². The summed E-state index contributed by atoms with van der Waals surface area (Å²) in [6.07, 6.45) is 0. The minimum atomic E-state index is -0.907. The number of aromatic carboxylic acids is 1. The summed E-state index contributed by atoms with van der Waals surface area (Å²) in [6.45, 7) is 0. The first-order valence-corrected chi connectivity index (χ1v) is 6.49. The van der Waals surface area contributed by atoms with Crippen molar-refractivity contribution in [3.05, 3.63) is 46.3 Å². The normalized spacial score (nSPS) is 10.3. The van der Waals surface area contributed by atoms with Crippen LogP contribution >= 0.6 is 34.7 Å². The molecule has 0 saturated heterocycles. The van der Waals surface area contributed by atoms with Gasteiger partial charge in [0.05, 0.1) is 14.8 Å². The molecule has 0 atom stereocenters. The summed E-state index contributed by atoms with van der Waals surface area (Å²) in [4.78, 5) is 11.8. The molecule has 0 fully saturated rings. The minimum Gasteiger partial charge on any atom is -0.478 e. The topological polar surface area (TPSA) is 37.3 Å². The summed E-state index contributed by atoms with van der Waals surface area (Å²) in [5.74, 6) is -0.907. The first-order valence-electron chi connectivity index (χ1n) is 4.41. The number of carbonyl (C=O) groups is 1. The molecular weight excluding hydrogens is 264 g/mol. The Morgan fingerprint density at radius 1 is 1.31 bits per heavy atom. The summed E-state index contributed by atoms with van der Waals surface area (Å²) in [7, 11) is 0. The van der Waals surface area contributed by atoms with Crippen molar-refractivity contribution in [1.82, 2.24) is 0 Å². The Labute approximate surface area is 106 Å². The van der Waals surface area contributed by atoms with Crippen LogP contribution in [0.1, 0.15) is 10.4 Å². The van der Waals surface area contributed by atoms with E-state index in [9.17, 15) is 4.79 Å². The highest BCUT2D eigenvalue weighted by molar-refractivity contribution is 8.01. The van der Waals surface area contributed by atoms with Crippen LogP contribution in [0.4, 0.5) is 0 Å². The fourth-order valence-electron chi connectivity index (χ4n) is 1.16. The third-order valence-electron chi connectivity index (χ3n) is 1.90. The Morgan fingerprint density at radius 2 is 2.06 bits per heavy atom. The summed E-state index contributed by atoms with van der Waals surface area (Å²) < 4.78 is 0.751. The third-order valence-corrected chi connectivity index (χ3v) is 4.57. The fourth-order valence-corrected chi connectivity index (χ4v) is 3.43. The van der Waals surface area contributed by atoms with Crippen LogP contribution < -0.4 is 0 Å². The second-order valence-corrected chi connectivity index (χ2v) is 5.59. The van der Waals surface area contributed by atoms with Crippen LogP contribution in [0.2, 0.25) is 5.02 Å². The van der Waals surface area contributed by atoms with Gasteiger partial charge in [-0.25, -0.2) is 4.79 Å². The van der Waals surface area contributed by atoms with Gasteiger partial charge in [-0.3, -0.25) is 0 Å². The lowest BCUT2D eigenvalue weighted by atomic mass is 10.3. The maximum Gasteiger partial charge on any atom is 0.337 e. The van der Waals surface area contributed by atoms with Crippen LogP contribution in [0.5, 0.6) is 0 Å². The lowest BCUT2D eigenvalue weighted by molar-refractivity contribution is 0.0694.